The summed E-state index contributed by atoms with van der Waals surface area (Å²) in [6, 6.07) is 0. The fourth-order valence-electron chi connectivity index (χ4n) is 0.883. The Hall–Kier alpha value is -1.45. The van der Waals surface area contributed by atoms with E-state index >= 15 is 0 Å². The highest BCUT2D eigenvalue weighted by atomic mass is 16.5. The van der Waals surface area contributed by atoms with E-state index < -0.39 is 5.97 Å². The minimum Gasteiger partial charge on any atom is -0.458 e. The van der Waals surface area contributed by atoms with Gasteiger partial charge in [-0.15, -0.1) is 0 Å². The van der Waals surface area contributed by atoms with Crippen molar-refractivity contribution >= 4 is 5.97 Å². The van der Waals surface area contributed by atoms with Gasteiger partial charge in [-0.2, -0.15) is 0 Å². The lowest BCUT2D eigenvalue weighted by molar-refractivity contribution is 0.0369. The van der Waals surface area contributed by atoms with Crippen LogP contribution in [0.15, 0.2) is 12.5 Å². The van der Waals surface area contributed by atoms with Crippen LogP contribution in [-0.4, -0.2) is 22.0 Å². The first kappa shape index (κ1) is 9.64. The third-order valence-electron chi connectivity index (χ3n) is 1.43. The number of carbonyl (C=O) groups excluding carboxylic acids is 1. The second-order valence-electron chi connectivity index (χ2n) is 3.01. The van der Waals surface area contributed by atoms with Gasteiger partial charge in [0.25, 0.3) is 0 Å². The summed E-state index contributed by atoms with van der Waals surface area (Å²) in [5.74, 6) is -0.394. The first-order valence-corrected chi connectivity index (χ1v) is 4.09. The highest BCUT2D eigenvalue weighted by molar-refractivity contribution is 5.88. The zero-order valence-electron chi connectivity index (χ0n) is 7.94. The van der Waals surface area contributed by atoms with Crippen molar-refractivity contribution in [1.82, 2.24) is 9.97 Å². The topological polar surface area (TPSA) is 52.1 Å². The van der Waals surface area contributed by atoms with Crippen LogP contribution in [0.25, 0.3) is 0 Å². The van der Waals surface area contributed by atoms with Crippen molar-refractivity contribution in [3.63, 3.8) is 0 Å². The predicted octanol–water partition coefficient (Wildman–Crippen LogP) is 1.35. The van der Waals surface area contributed by atoms with Crippen molar-refractivity contribution in [2.45, 2.75) is 26.9 Å². The number of hydrogen-bond donors (Lipinski definition) is 0. The normalized spacial score (nSPS) is 10.2. The van der Waals surface area contributed by atoms with E-state index in [9.17, 15) is 4.79 Å². The fourth-order valence-corrected chi connectivity index (χ4v) is 0.883. The maximum absolute atomic E-state index is 11.4. The molecule has 0 aliphatic rings. The second-order valence-corrected chi connectivity index (χ2v) is 3.01. The molecule has 0 atom stereocenters. The lowest BCUT2D eigenvalue weighted by Gasteiger charge is -2.07. The minimum absolute atomic E-state index is 0.123. The molecule has 1 heterocycles. The minimum atomic E-state index is -0.394. The summed E-state index contributed by atoms with van der Waals surface area (Å²) in [5, 5.41) is 0. The van der Waals surface area contributed by atoms with Crippen molar-refractivity contribution in [2.75, 3.05) is 0 Å². The summed E-state index contributed by atoms with van der Waals surface area (Å²) >= 11 is 0. The Morgan fingerprint density at radius 2 is 2.23 bits per heavy atom. The van der Waals surface area contributed by atoms with E-state index in [1.807, 2.05) is 0 Å². The van der Waals surface area contributed by atoms with Gasteiger partial charge >= 0.3 is 5.97 Å². The standard InChI is InChI=1S/C9H12N2O2/c1-6(2)13-9(12)8-7(3)4-10-5-11-8/h4-6H,1-3H3. The first-order valence-electron chi connectivity index (χ1n) is 4.09. The maximum Gasteiger partial charge on any atom is 0.357 e. The van der Waals surface area contributed by atoms with E-state index in [4.69, 9.17) is 4.74 Å². The molecule has 1 rings (SSSR count). The van der Waals surface area contributed by atoms with Gasteiger partial charge in [0.05, 0.1) is 6.10 Å². The molecule has 0 aromatic carbocycles. The lowest BCUT2D eigenvalue weighted by atomic mass is 10.2. The van der Waals surface area contributed by atoms with Crippen molar-refractivity contribution in [1.29, 1.82) is 0 Å². The van der Waals surface area contributed by atoms with Crippen LogP contribution in [0, 0.1) is 6.92 Å². The number of ether oxygens (including phenoxy) is 1. The fraction of sp³-hybridized carbons (Fsp3) is 0.444. The third-order valence-corrected chi connectivity index (χ3v) is 1.43. The lowest BCUT2D eigenvalue weighted by Crippen LogP contribution is -2.14. The molecule has 0 aliphatic carbocycles. The maximum atomic E-state index is 11.4. The van der Waals surface area contributed by atoms with Crippen LogP contribution in [-0.2, 0) is 4.74 Å². The number of hydrogen-bond acceptors (Lipinski definition) is 4. The Balaban J connectivity index is 2.83. The van der Waals surface area contributed by atoms with Crippen LogP contribution in [0.2, 0.25) is 0 Å². The van der Waals surface area contributed by atoms with Crippen LogP contribution in [0.5, 0.6) is 0 Å². The molecule has 0 aliphatic heterocycles. The molecular formula is C9H12N2O2. The van der Waals surface area contributed by atoms with Crippen LogP contribution >= 0.6 is 0 Å². The van der Waals surface area contributed by atoms with Crippen molar-refractivity contribution in [3.8, 4) is 0 Å². The van der Waals surface area contributed by atoms with E-state index in [0.717, 1.165) is 5.56 Å². The van der Waals surface area contributed by atoms with E-state index in [1.165, 1.54) is 6.33 Å². The molecule has 0 spiro atoms. The van der Waals surface area contributed by atoms with Crippen molar-refractivity contribution in [2.24, 2.45) is 0 Å². The van der Waals surface area contributed by atoms with Crippen LogP contribution in [0.3, 0.4) is 0 Å². The molecule has 1 aromatic heterocycles. The molecule has 13 heavy (non-hydrogen) atoms. The third kappa shape index (κ3) is 2.50. The Labute approximate surface area is 77.0 Å². The van der Waals surface area contributed by atoms with E-state index in [0.29, 0.717) is 5.69 Å². The molecule has 0 saturated heterocycles. The zero-order valence-corrected chi connectivity index (χ0v) is 7.94. The van der Waals surface area contributed by atoms with E-state index in [1.54, 1.807) is 27.0 Å². The number of aryl methyl sites for hydroxylation is 1. The second kappa shape index (κ2) is 3.98. The number of nitrogens with zero attached hydrogens (tertiary/aromatic N) is 2. The molecule has 4 nitrogen and oxygen atoms in total. The van der Waals surface area contributed by atoms with Crippen molar-refractivity contribution in [3.05, 3.63) is 23.8 Å². The summed E-state index contributed by atoms with van der Waals surface area (Å²) in [5.41, 5.74) is 1.07. The van der Waals surface area contributed by atoms with Gasteiger partial charge in [0.2, 0.25) is 0 Å². The number of carbonyl (C=O) groups is 1. The Morgan fingerprint density at radius 1 is 1.54 bits per heavy atom. The van der Waals surface area contributed by atoms with E-state index in [2.05, 4.69) is 9.97 Å². The van der Waals surface area contributed by atoms with Gasteiger partial charge in [0.15, 0.2) is 5.69 Å². The smallest absolute Gasteiger partial charge is 0.357 e. The molecule has 4 heteroatoms. The summed E-state index contributed by atoms with van der Waals surface area (Å²) < 4.78 is 4.99. The Bertz CT molecular complexity index is 310. The monoisotopic (exact) mass is 180 g/mol. The molecule has 70 valence electrons. The zero-order chi connectivity index (χ0) is 9.84. The van der Waals surface area contributed by atoms with Gasteiger partial charge in [-0.05, 0) is 20.8 Å². The van der Waals surface area contributed by atoms with Gasteiger partial charge in [-0.1, -0.05) is 0 Å². The summed E-state index contributed by atoms with van der Waals surface area (Å²) in [7, 11) is 0. The SMILES string of the molecule is Cc1cncnc1C(=O)OC(C)C. The number of rotatable bonds is 2. The highest BCUT2D eigenvalue weighted by Gasteiger charge is 2.12. The van der Waals surface area contributed by atoms with Gasteiger partial charge in [0, 0.05) is 11.8 Å². The highest BCUT2D eigenvalue weighted by Crippen LogP contribution is 2.04. The largest absolute Gasteiger partial charge is 0.458 e. The molecule has 0 unspecified atom stereocenters. The molecule has 0 bridgehead atoms. The van der Waals surface area contributed by atoms with Crippen molar-refractivity contribution < 1.29 is 9.53 Å². The van der Waals surface area contributed by atoms with Crippen LogP contribution < -0.4 is 0 Å². The van der Waals surface area contributed by atoms with Gasteiger partial charge < -0.3 is 4.74 Å². The molecule has 0 N–H and O–H groups in total. The predicted molar refractivity (Wildman–Crippen MR) is 47.3 cm³/mol. The van der Waals surface area contributed by atoms with Gasteiger partial charge in [-0.25, -0.2) is 14.8 Å². The molecule has 0 radical (unpaired) electrons. The summed E-state index contributed by atoms with van der Waals surface area (Å²) in [4.78, 5) is 19.0. The molecule has 0 amide bonds. The molecule has 0 saturated carbocycles. The first-order chi connectivity index (χ1) is 6.11. The average molecular weight is 180 g/mol. The van der Waals surface area contributed by atoms with E-state index in [-0.39, 0.29) is 6.10 Å². The van der Waals surface area contributed by atoms with Crippen LogP contribution in [0.4, 0.5) is 0 Å². The average Bonchev–Trinajstić information content (AvgIpc) is 2.03. The number of aromatic nitrogens is 2. The molecular weight excluding hydrogens is 168 g/mol. The summed E-state index contributed by atoms with van der Waals surface area (Å²) in [6.07, 6.45) is 2.80. The summed E-state index contributed by atoms with van der Waals surface area (Å²) in [6.45, 7) is 5.37. The molecule has 1 aromatic rings. The number of esters is 1. The Morgan fingerprint density at radius 3 is 2.77 bits per heavy atom. The van der Waals surface area contributed by atoms with Gasteiger partial charge in [-0.3, -0.25) is 0 Å². The quantitative estimate of drug-likeness (QED) is 0.644. The Kier molecular flexibility index (Phi) is 2.95. The molecule has 0 fully saturated rings. The van der Waals surface area contributed by atoms with Gasteiger partial charge in [0.1, 0.15) is 6.33 Å². The van der Waals surface area contributed by atoms with Crippen LogP contribution in [0.1, 0.15) is 29.9 Å².